The number of nitrogens with two attached hydrogens (primary N) is 1. The van der Waals surface area contributed by atoms with Crippen molar-refractivity contribution < 1.29 is 23.8 Å². The van der Waals surface area contributed by atoms with Crippen LogP contribution in [0, 0.1) is 23.2 Å². The molecule has 4 fully saturated rings. The Kier molecular flexibility index (Phi) is 9.06. The van der Waals surface area contributed by atoms with Gasteiger partial charge in [0.2, 0.25) is 5.91 Å². The maximum atomic E-state index is 13.0. The zero-order valence-electron chi connectivity index (χ0n) is 23.5. The van der Waals surface area contributed by atoms with Crippen molar-refractivity contribution in [3.63, 3.8) is 0 Å². The van der Waals surface area contributed by atoms with Gasteiger partial charge in [0, 0.05) is 19.7 Å². The molecule has 0 unspecified atom stereocenters. The fraction of sp³-hybridized carbons (Fsp3) is 0.724. The van der Waals surface area contributed by atoms with Crippen LogP contribution in [-0.4, -0.2) is 76.6 Å². The predicted octanol–water partition coefficient (Wildman–Crippen LogP) is 3.32. The molecule has 2 aromatic rings. The van der Waals surface area contributed by atoms with Gasteiger partial charge in [0.05, 0.1) is 31.1 Å². The van der Waals surface area contributed by atoms with Crippen LogP contribution in [0.25, 0.3) is 5.65 Å². The number of amides is 2. The summed E-state index contributed by atoms with van der Waals surface area (Å²) in [4.78, 5) is 27.2. The van der Waals surface area contributed by atoms with E-state index < -0.39 is 17.7 Å². The highest BCUT2D eigenvalue weighted by atomic mass is 16.6. The topological polar surface area (TPSA) is 133 Å². The van der Waals surface area contributed by atoms with E-state index in [1.165, 1.54) is 19.3 Å². The molecule has 40 heavy (non-hydrogen) atoms. The second kappa shape index (κ2) is 12.0. The molecule has 11 nitrogen and oxygen atoms in total. The van der Waals surface area contributed by atoms with Crippen molar-refractivity contribution in [2.75, 3.05) is 39.5 Å². The number of nitrogens with zero attached hydrogens (tertiary/aromatic N) is 4. The van der Waals surface area contributed by atoms with E-state index in [9.17, 15) is 9.59 Å². The summed E-state index contributed by atoms with van der Waals surface area (Å²) in [5.74, 6) is 2.21. The molecular weight excluding hydrogens is 512 g/mol. The Hall–Kier alpha value is -2.76. The Balaban J connectivity index is 0.00000370. The van der Waals surface area contributed by atoms with Crippen molar-refractivity contribution in [1.82, 2.24) is 24.8 Å². The number of fused-ring (bicyclic) bond motifs is 3. The minimum atomic E-state index is -1.08. The van der Waals surface area contributed by atoms with Crippen molar-refractivity contribution in [1.29, 1.82) is 0 Å². The fourth-order valence-corrected chi connectivity index (χ4v) is 6.37. The second-order valence-electron chi connectivity index (χ2n) is 12.4. The molecule has 0 radical (unpaired) electrons. The number of nitrogens with one attached hydrogen (secondary N) is 1. The molecule has 3 saturated carbocycles. The molecular formula is C29H46N6O5. The van der Waals surface area contributed by atoms with E-state index in [1.807, 2.05) is 22.6 Å². The molecule has 3 N–H and O–H groups in total. The van der Waals surface area contributed by atoms with Gasteiger partial charge in [-0.25, -0.2) is 4.79 Å². The lowest BCUT2D eigenvalue weighted by Gasteiger charge is -2.60. The molecule has 1 saturated heterocycles. The number of pyridine rings is 1. The molecule has 0 aromatic carbocycles. The summed E-state index contributed by atoms with van der Waals surface area (Å²) in [6.07, 6.45) is 3.32. The van der Waals surface area contributed by atoms with Gasteiger partial charge in [-0.15, -0.1) is 10.2 Å². The first-order valence-electron chi connectivity index (χ1n) is 14.1. The molecule has 2 aromatic heterocycles. The third-order valence-electron chi connectivity index (χ3n) is 8.97. The van der Waals surface area contributed by atoms with E-state index in [4.69, 9.17) is 19.9 Å². The summed E-state index contributed by atoms with van der Waals surface area (Å²) < 4.78 is 19.1. The van der Waals surface area contributed by atoms with Crippen molar-refractivity contribution in [3.8, 4) is 0 Å². The highest BCUT2D eigenvalue weighted by molar-refractivity contribution is 5.85. The fourth-order valence-electron chi connectivity index (χ4n) is 6.37. The minimum absolute atomic E-state index is 0. The van der Waals surface area contributed by atoms with Crippen molar-refractivity contribution >= 4 is 17.6 Å². The molecule has 4 aliphatic rings. The second-order valence-corrected chi connectivity index (χ2v) is 12.4. The lowest BCUT2D eigenvalue weighted by Crippen LogP contribution is -2.53. The molecule has 4 atom stereocenters. The molecule has 1 aliphatic heterocycles. The van der Waals surface area contributed by atoms with Gasteiger partial charge in [-0.2, -0.15) is 0 Å². The molecule has 3 heterocycles. The molecule has 6 rings (SSSR count). The van der Waals surface area contributed by atoms with E-state index >= 15 is 0 Å². The number of morpholine rings is 1. The van der Waals surface area contributed by atoms with Crippen molar-refractivity contribution in [2.45, 2.75) is 72.6 Å². The van der Waals surface area contributed by atoms with Crippen LogP contribution >= 0.6 is 0 Å². The first kappa shape index (κ1) is 30.2. The Bertz CT molecular complexity index is 1180. The quantitative estimate of drug-likeness (QED) is 0.479. The molecule has 3 aliphatic carbocycles. The Morgan fingerprint density at radius 1 is 1.23 bits per heavy atom. The number of ether oxygens (including phenoxy) is 3. The van der Waals surface area contributed by atoms with Crippen LogP contribution in [0.3, 0.4) is 0 Å². The summed E-state index contributed by atoms with van der Waals surface area (Å²) in [6, 6.07) is 4.94. The van der Waals surface area contributed by atoms with Crippen LogP contribution in [0.2, 0.25) is 0 Å². The maximum absolute atomic E-state index is 13.0. The number of carbonyl (C=O) groups excluding carboxylic acids is 2. The van der Waals surface area contributed by atoms with Gasteiger partial charge in [-0.3, -0.25) is 9.20 Å². The highest BCUT2D eigenvalue weighted by Crippen LogP contribution is 2.61. The molecule has 222 valence electrons. The first-order chi connectivity index (χ1) is 18.6. The number of carbonyl (C=O) groups is 2. The number of hydrogen-bond acceptors (Lipinski definition) is 8. The predicted molar refractivity (Wildman–Crippen MR) is 150 cm³/mol. The maximum Gasteiger partial charge on any atom is 0.410 e. The highest BCUT2D eigenvalue weighted by Gasteiger charge is 2.54. The molecule has 2 bridgehead atoms. The number of hydrogen-bond donors (Lipinski definition) is 2. The molecule has 11 heteroatoms. The summed E-state index contributed by atoms with van der Waals surface area (Å²) in [7, 11) is 0. The molecule has 2 amide bonds. The van der Waals surface area contributed by atoms with E-state index in [2.05, 4.69) is 29.4 Å². The Morgan fingerprint density at radius 2 is 1.98 bits per heavy atom. The minimum Gasteiger partial charge on any atom is -0.443 e. The van der Waals surface area contributed by atoms with Crippen LogP contribution in [0.4, 0.5) is 4.79 Å². The SMILES string of the molecule is C.CC(C)(N)C(=O)N[C@H](COC[C@H]1CC[C@H]2C[C@@H]1C2(C)C)c1nnc2cccc(COC(=O)N3CCOCC3)n12. The van der Waals surface area contributed by atoms with Crippen LogP contribution in [0.1, 0.15) is 71.9 Å². The standard InChI is InChI=1S/C28H42N6O5.CH4/c1-27(2)19-9-8-18(21(27)14-19)15-38-17-22(30-25(35)28(3,4)29)24-32-31-23-7-5-6-20(34(23)24)16-39-26(36)33-10-12-37-13-11-33;/h5-7,18-19,21-22H,8-17,29H2,1-4H3,(H,30,35);1H4/t18-,19+,21+,22-;/m1./s1. The van der Waals surface area contributed by atoms with Crippen LogP contribution in [0.15, 0.2) is 18.2 Å². The zero-order valence-corrected chi connectivity index (χ0v) is 23.5. The lowest BCUT2D eigenvalue weighted by molar-refractivity contribution is -0.129. The van der Waals surface area contributed by atoms with Gasteiger partial charge in [0.1, 0.15) is 12.6 Å². The number of rotatable bonds is 9. The Labute approximate surface area is 237 Å². The third-order valence-corrected chi connectivity index (χ3v) is 8.97. The summed E-state index contributed by atoms with van der Waals surface area (Å²) in [5, 5.41) is 11.8. The van der Waals surface area contributed by atoms with E-state index in [1.54, 1.807) is 18.7 Å². The first-order valence-corrected chi connectivity index (χ1v) is 14.1. The van der Waals surface area contributed by atoms with Crippen LogP contribution < -0.4 is 11.1 Å². The lowest BCUT2D eigenvalue weighted by atomic mass is 9.46. The molecule has 0 spiro atoms. The van der Waals surface area contributed by atoms with Crippen molar-refractivity contribution in [2.24, 2.45) is 28.9 Å². The normalized spacial score (nSPS) is 24.5. The van der Waals surface area contributed by atoms with Gasteiger partial charge >= 0.3 is 6.09 Å². The van der Waals surface area contributed by atoms with E-state index in [0.717, 1.165) is 5.92 Å². The Morgan fingerprint density at radius 3 is 2.65 bits per heavy atom. The smallest absolute Gasteiger partial charge is 0.410 e. The van der Waals surface area contributed by atoms with Gasteiger partial charge in [0.15, 0.2) is 11.5 Å². The van der Waals surface area contributed by atoms with Crippen LogP contribution in [-0.2, 0) is 25.6 Å². The van der Waals surface area contributed by atoms with Gasteiger partial charge in [-0.05, 0) is 68.4 Å². The zero-order chi connectivity index (χ0) is 27.8. The average molecular weight is 559 g/mol. The van der Waals surface area contributed by atoms with Gasteiger partial charge in [-0.1, -0.05) is 27.3 Å². The van der Waals surface area contributed by atoms with E-state index in [-0.39, 0.29) is 26.5 Å². The van der Waals surface area contributed by atoms with Gasteiger partial charge < -0.3 is 30.2 Å². The summed E-state index contributed by atoms with van der Waals surface area (Å²) in [5.41, 5.74) is 6.68. The van der Waals surface area contributed by atoms with E-state index in [0.29, 0.717) is 67.3 Å². The van der Waals surface area contributed by atoms with Gasteiger partial charge in [0.25, 0.3) is 0 Å². The average Bonchev–Trinajstić information content (AvgIpc) is 3.36. The monoisotopic (exact) mass is 558 g/mol. The van der Waals surface area contributed by atoms with Crippen molar-refractivity contribution in [3.05, 3.63) is 29.7 Å². The third kappa shape index (κ3) is 6.11. The largest absolute Gasteiger partial charge is 0.443 e. The summed E-state index contributed by atoms with van der Waals surface area (Å²) >= 11 is 0. The van der Waals surface area contributed by atoms with Crippen LogP contribution in [0.5, 0.6) is 0 Å². The number of aromatic nitrogens is 3. The summed E-state index contributed by atoms with van der Waals surface area (Å²) in [6.45, 7) is 11.0.